The van der Waals surface area contributed by atoms with Gasteiger partial charge >= 0.3 is 4.87 Å². The predicted octanol–water partition coefficient (Wildman–Crippen LogP) is 2.55. The van der Waals surface area contributed by atoms with E-state index in [0.29, 0.717) is 12.4 Å². The number of carbonyl (C=O) groups is 1. The molecule has 2 rings (SSSR count). The molecule has 0 aliphatic heterocycles. The monoisotopic (exact) mass is 322 g/mol. The van der Waals surface area contributed by atoms with Gasteiger partial charge in [-0.25, -0.2) is 4.68 Å². The third-order valence-electron chi connectivity index (χ3n) is 3.65. The van der Waals surface area contributed by atoms with Crippen molar-refractivity contribution in [2.45, 2.75) is 53.1 Å². The topological polar surface area (TPSA) is 68.9 Å². The van der Waals surface area contributed by atoms with Gasteiger partial charge in [-0.3, -0.25) is 9.59 Å². The molecule has 0 saturated heterocycles. The van der Waals surface area contributed by atoms with Crippen molar-refractivity contribution in [1.82, 2.24) is 14.3 Å². The van der Waals surface area contributed by atoms with E-state index in [4.69, 9.17) is 0 Å². The highest BCUT2D eigenvalue weighted by Crippen LogP contribution is 2.11. The van der Waals surface area contributed by atoms with Crippen LogP contribution in [0.25, 0.3) is 0 Å². The van der Waals surface area contributed by atoms with Crippen LogP contribution in [0.1, 0.15) is 36.8 Å². The van der Waals surface area contributed by atoms with Crippen LogP contribution in [0.4, 0.5) is 5.82 Å². The second kappa shape index (κ2) is 7.40. The van der Waals surface area contributed by atoms with Crippen molar-refractivity contribution in [2.24, 2.45) is 0 Å². The normalized spacial score (nSPS) is 10.9. The first kappa shape index (κ1) is 16.5. The highest BCUT2D eigenvalue weighted by Gasteiger charge is 2.11. The summed E-state index contributed by atoms with van der Waals surface area (Å²) >= 11 is 1.23. The molecule has 0 fully saturated rings. The number of amides is 1. The molecule has 0 saturated carbocycles. The van der Waals surface area contributed by atoms with E-state index in [0.717, 1.165) is 30.0 Å². The number of carbonyl (C=O) groups excluding carboxylic acids is 1. The second-order valence-corrected chi connectivity index (χ2v) is 6.42. The molecule has 0 aromatic carbocycles. The molecular formula is C15H22N4O2S. The number of thiazole rings is 1. The average Bonchev–Trinajstić information content (AvgIpc) is 3.00. The summed E-state index contributed by atoms with van der Waals surface area (Å²) < 4.78 is 3.46. The van der Waals surface area contributed by atoms with Crippen LogP contribution < -0.4 is 10.2 Å². The molecule has 0 radical (unpaired) electrons. The summed E-state index contributed by atoms with van der Waals surface area (Å²) in [4.78, 5) is 24.9. The van der Waals surface area contributed by atoms with E-state index in [1.807, 2.05) is 13.8 Å². The van der Waals surface area contributed by atoms with E-state index in [-0.39, 0.29) is 17.2 Å². The molecule has 1 amide bonds. The first-order valence-corrected chi connectivity index (χ1v) is 8.33. The summed E-state index contributed by atoms with van der Waals surface area (Å²) in [5.74, 6) is 0.609. The Hall–Kier alpha value is -1.89. The number of hydrogen-bond donors (Lipinski definition) is 1. The lowest BCUT2D eigenvalue weighted by molar-refractivity contribution is -0.116. The molecule has 2 aromatic heterocycles. The van der Waals surface area contributed by atoms with Gasteiger partial charge < -0.3 is 9.88 Å². The van der Waals surface area contributed by atoms with E-state index in [1.54, 1.807) is 21.5 Å². The summed E-state index contributed by atoms with van der Waals surface area (Å²) in [5.41, 5.74) is 0.941. The van der Waals surface area contributed by atoms with Gasteiger partial charge in [0.25, 0.3) is 0 Å². The lowest BCUT2D eigenvalue weighted by Crippen LogP contribution is -2.21. The maximum Gasteiger partial charge on any atom is 0.307 e. The highest BCUT2D eigenvalue weighted by atomic mass is 32.1. The fraction of sp³-hybridized carbons (Fsp3) is 0.533. The smallest absolute Gasteiger partial charge is 0.307 e. The Morgan fingerprint density at radius 3 is 2.77 bits per heavy atom. The van der Waals surface area contributed by atoms with Crippen molar-refractivity contribution in [1.29, 1.82) is 0 Å². The summed E-state index contributed by atoms with van der Waals surface area (Å²) in [7, 11) is 0. The minimum atomic E-state index is -0.103. The van der Waals surface area contributed by atoms with Gasteiger partial charge in [-0.2, -0.15) is 5.10 Å². The van der Waals surface area contributed by atoms with Gasteiger partial charge in [0, 0.05) is 36.1 Å². The summed E-state index contributed by atoms with van der Waals surface area (Å²) in [6, 6.07) is 1.79. The van der Waals surface area contributed by atoms with Gasteiger partial charge in [0.1, 0.15) is 5.82 Å². The maximum absolute atomic E-state index is 12.1. The third-order valence-corrected chi connectivity index (χ3v) is 4.64. The molecule has 0 atom stereocenters. The minimum absolute atomic E-state index is 0.00390. The Morgan fingerprint density at radius 1 is 1.36 bits per heavy atom. The third kappa shape index (κ3) is 3.85. The number of aryl methyl sites for hydroxylation is 2. The number of nitrogens with one attached hydrogen (secondary N) is 1. The van der Waals surface area contributed by atoms with Gasteiger partial charge in [-0.15, -0.1) is 0 Å². The highest BCUT2D eigenvalue weighted by molar-refractivity contribution is 7.09. The number of anilines is 1. The summed E-state index contributed by atoms with van der Waals surface area (Å²) in [6.07, 6.45) is 4.05. The van der Waals surface area contributed by atoms with E-state index < -0.39 is 0 Å². The molecular weight excluding hydrogens is 300 g/mol. The molecule has 0 aliphatic carbocycles. The Labute approximate surface area is 133 Å². The van der Waals surface area contributed by atoms with Crippen LogP contribution in [0.2, 0.25) is 0 Å². The summed E-state index contributed by atoms with van der Waals surface area (Å²) in [5, 5.41) is 7.07. The average molecular weight is 322 g/mol. The minimum Gasteiger partial charge on any atom is -0.311 e. The second-order valence-electron chi connectivity index (χ2n) is 5.25. The molecule has 0 spiro atoms. The van der Waals surface area contributed by atoms with Crippen LogP contribution in [0.3, 0.4) is 0 Å². The van der Waals surface area contributed by atoms with Gasteiger partial charge in [-0.05, 0) is 20.3 Å². The first-order chi connectivity index (χ1) is 10.5. The van der Waals surface area contributed by atoms with Crippen LogP contribution in [0.15, 0.2) is 17.1 Å². The number of hydrogen-bond acceptors (Lipinski definition) is 4. The first-order valence-electron chi connectivity index (χ1n) is 7.51. The van der Waals surface area contributed by atoms with Crippen molar-refractivity contribution < 1.29 is 4.79 Å². The number of nitrogens with zero attached hydrogens (tertiary/aromatic N) is 3. The molecule has 2 aromatic rings. The number of unbranched alkanes of at least 4 members (excludes halogenated alkanes) is 1. The fourth-order valence-electron chi connectivity index (χ4n) is 2.19. The Bertz CT molecular complexity index is 699. The molecule has 120 valence electrons. The van der Waals surface area contributed by atoms with Crippen molar-refractivity contribution >= 4 is 23.1 Å². The zero-order chi connectivity index (χ0) is 16.1. The van der Waals surface area contributed by atoms with Crippen molar-refractivity contribution in [3.8, 4) is 0 Å². The SMILES string of the molecule is CCCCn1nccc1NC(=O)CCn1c(C)c(C)sc1=O. The molecule has 1 N–H and O–H groups in total. The van der Waals surface area contributed by atoms with Crippen molar-refractivity contribution in [3.05, 3.63) is 32.5 Å². The quantitative estimate of drug-likeness (QED) is 0.852. The zero-order valence-corrected chi connectivity index (χ0v) is 14.1. The van der Waals surface area contributed by atoms with Crippen LogP contribution in [0, 0.1) is 13.8 Å². The summed E-state index contributed by atoms with van der Waals surface area (Å²) in [6.45, 7) is 7.14. The lowest BCUT2D eigenvalue weighted by atomic mass is 10.3. The van der Waals surface area contributed by atoms with Crippen LogP contribution in [0.5, 0.6) is 0 Å². The number of aromatic nitrogens is 3. The predicted molar refractivity (Wildman–Crippen MR) is 88.4 cm³/mol. The molecule has 2 heterocycles. The van der Waals surface area contributed by atoms with E-state index in [9.17, 15) is 9.59 Å². The van der Waals surface area contributed by atoms with Gasteiger partial charge in [0.15, 0.2) is 0 Å². The lowest BCUT2D eigenvalue weighted by Gasteiger charge is -2.09. The molecule has 0 unspecified atom stereocenters. The van der Waals surface area contributed by atoms with Crippen LogP contribution in [-0.2, 0) is 17.9 Å². The zero-order valence-electron chi connectivity index (χ0n) is 13.3. The largest absolute Gasteiger partial charge is 0.311 e. The van der Waals surface area contributed by atoms with Crippen LogP contribution >= 0.6 is 11.3 Å². The van der Waals surface area contributed by atoms with Gasteiger partial charge in [-0.1, -0.05) is 24.7 Å². The van der Waals surface area contributed by atoms with E-state index >= 15 is 0 Å². The standard InChI is InChI=1S/C15H22N4O2S/c1-4-5-9-19-13(6-8-16-19)17-14(20)7-10-18-11(2)12(3)22-15(18)21/h6,8H,4-5,7,9-10H2,1-3H3,(H,17,20). The van der Waals surface area contributed by atoms with Crippen LogP contribution in [-0.4, -0.2) is 20.3 Å². The maximum atomic E-state index is 12.1. The Kier molecular flexibility index (Phi) is 5.54. The van der Waals surface area contributed by atoms with Crippen molar-refractivity contribution in [2.75, 3.05) is 5.32 Å². The fourth-order valence-corrected chi connectivity index (χ4v) is 3.05. The molecule has 7 heteroatoms. The molecule has 6 nitrogen and oxygen atoms in total. The van der Waals surface area contributed by atoms with E-state index in [2.05, 4.69) is 17.3 Å². The van der Waals surface area contributed by atoms with Crippen molar-refractivity contribution in [3.63, 3.8) is 0 Å². The number of rotatable bonds is 7. The van der Waals surface area contributed by atoms with Gasteiger partial charge in [0.05, 0.1) is 6.20 Å². The van der Waals surface area contributed by atoms with Gasteiger partial charge in [0.2, 0.25) is 5.91 Å². The van der Waals surface area contributed by atoms with E-state index in [1.165, 1.54) is 11.3 Å². The Morgan fingerprint density at radius 2 is 2.14 bits per heavy atom. The molecule has 0 bridgehead atoms. The molecule has 0 aliphatic rings. The Balaban J connectivity index is 1.93. The molecule has 22 heavy (non-hydrogen) atoms.